The Morgan fingerprint density at radius 2 is 1.95 bits per heavy atom. The Morgan fingerprint density at radius 1 is 1.20 bits per heavy atom. The van der Waals surface area contributed by atoms with Crippen molar-refractivity contribution in [2.45, 2.75) is 32.2 Å². The van der Waals surface area contributed by atoms with E-state index in [1.165, 1.54) is 19.8 Å². The lowest BCUT2D eigenvalue weighted by Gasteiger charge is -2.24. The van der Waals surface area contributed by atoms with Crippen LogP contribution in [0.5, 0.6) is 0 Å². The van der Waals surface area contributed by atoms with Gasteiger partial charge in [0.05, 0.1) is 13.2 Å². The molecule has 1 aliphatic carbocycles. The summed E-state index contributed by atoms with van der Waals surface area (Å²) >= 11 is 0. The third kappa shape index (κ3) is 5.46. The molecule has 114 valence electrons. The summed E-state index contributed by atoms with van der Waals surface area (Å²) in [5.41, 5.74) is 0. The second-order valence-electron chi connectivity index (χ2n) is 5.72. The minimum absolute atomic E-state index is 0.0427. The topological polar surface area (TPSA) is 70.7 Å². The molecule has 1 aliphatic heterocycles. The fourth-order valence-corrected chi connectivity index (χ4v) is 2.52. The summed E-state index contributed by atoms with van der Waals surface area (Å²) in [6.45, 7) is 5.55. The Hall–Kier alpha value is -1.14. The van der Waals surface area contributed by atoms with E-state index in [-0.39, 0.29) is 11.8 Å². The first kappa shape index (κ1) is 15.3. The highest BCUT2D eigenvalue weighted by atomic mass is 16.5. The third-order valence-corrected chi connectivity index (χ3v) is 3.75. The van der Waals surface area contributed by atoms with Crippen LogP contribution in [0, 0.1) is 5.92 Å². The molecule has 0 spiro atoms. The third-order valence-electron chi connectivity index (χ3n) is 3.75. The molecule has 2 rings (SSSR count). The van der Waals surface area contributed by atoms with E-state index in [0.29, 0.717) is 31.6 Å². The molecule has 0 aromatic rings. The molecule has 1 heterocycles. The number of nitrogens with one attached hydrogen (secondary N) is 2. The highest BCUT2D eigenvalue weighted by Crippen LogP contribution is 2.28. The molecule has 0 unspecified atom stereocenters. The van der Waals surface area contributed by atoms with Crippen molar-refractivity contribution < 1.29 is 14.3 Å². The van der Waals surface area contributed by atoms with Crippen LogP contribution in [0.4, 0.5) is 0 Å². The van der Waals surface area contributed by atoms with E-state index in [4.69, 9.17) is 4.74 Å². The zero-order valence-electron chi connectivity index (χ0n) is 12.2. The smallest absolute Gasteiger partial charge is 0.234 e. The number of rotatable bonds is 8. The van der Waals surface area contributed by atoms with E-state index in [1.54, 1.807) is 0 Å². The van der Waals surface area contributed by atoms with Gasteiger partial charge in [-0.3, -0.25) is 14.5 Å². The molecular formula is C14H25N3O3. The van der Waals surface area contributed by atoms with Gasteiger partial charge >= 0.3 is 0 Å². The SMILES string of the molecule is CC(=O)NCCNC(=O)CN(C[C@H]1CCOC1)C1CC1. The van der Waals surface area contributed by atoms with Gasteiger partial charge in [-0.1, -0.05) is 0 Å². The van der Waals surface area contributed by atoms with Crippen LogP contribution in [0.25, 0.3) is 0 Å². The van der Waals surface area contributed by atoms with Crippen LogP contribution in [0.15, 0.2) is 0 Å². The number of hydrogen-bond donors (Lipinski definition) is 2. The lowest BCUT2D eigenvalue weighted by molar-refractivity contribution is -0.123. The molecule has 2 N–H and O–H groups in total. The lowest BCUT2D eigenvalue weighted by Crippen LogP contribution is -2.42. The summed E-state index contributed by atoms with van der Waals surface area (Å²) in [5.74, 6) is 0.545. The molecule has 6 heteroatoms. The summed E-state index contributed by atoms with van der Waals surface area (Å²) in [6.07, 6.45) is 3.51. The van der Waals surface area contributed by atoms with E-state index >= 15 is 0 Å². The summed E-state index contributed by atoms with van der Waals surface area (Å²) in [4.78, 5) is 24.9. The first-order chi connectivity index (χ1) is 9.65. The molecule has 6 nitrogen and oxygen atoms in total. The van der Waals surface area contributed by atoms with E-state index in [0.717, 1.165) is 26.2 Å². The number of amides is 2. The first-order valence-corrected chi connectivity index (χ1v) is 7.48. The van der Waals surface area contributed by atoms with Crippen LogP contribution in [0.3, 0.4) is 0 Å². The van der Waals surface area contributed by atoms with Crippen molar-refractivity contribution in [2.24, 2.45) is 5.92 Å². The van der Waals surface area contributed by atoms with Gasteiger partial charge in [0, 0.05) is 39.2 Å². The largest absolute Gasteiger partial charge is 0.381 e. The van der Waals surface area contributed by atoms with Crippen molar-refractivity contribution in [3.63, 3.8) is 0 Å². The minimum atomic E-state index is -0.0694. The number of nitrogens with zero attached hydrogens (tertiary/aromatic N) is 1. The predicted octanol–water partition coefficient (Wildman–Crippen LogP) is -0.260. The van der Waals surface area contributed by atoms with Crippen molar-refractivity contribution in [3.8, 4) is 0 Å². The molecule has 1 saturated carbocycles. The number of hydrogen-bond acceptors (Lipinski definition) is 4. The molecule has 2 fully saturated rings. The van der Waals surface area contributed by atoms with Gasteiger partial charge in [-0.2, -0.15) is 0 Å². The normalized spacial score (nSPS) is 22.0. The maximum absolute atomic E-state index is 11.9. The van der Waals surface area contributed by atoms with Gasteiger partial charge in [-0.05, 0) is 25.2 Å². The quantitative estimate of drug-likeness (QED) is 0.602. The maximum Gasteiger partial charge on any atom is 0.234 e. The van der Waals surface area contributed by atoms with Gasteiger partial charge in [0.25, 0.3) is 0 Å². The number of carbonyl (C=O) groups is 2. The Kier molecular flexibility index (Phi) is 5.79. The predicted molar refractivity (Wildman–Crippen MR) is 75.2 cm³/mol. The monoisotopic (exact) mass is 283 g/mol. The van der Waals surface area contributed by atoms with Crippen LogP contribution in [0.1, 0.15) is 26.2 Å². The minimum Gasteiger partial charge on any atom is -0.381 e. The van der Waals surface area contributed by atoms with Gasteiger partial charge in [-0.15, -0.1) is 0 Å². The van der Waals surface area contributed by atoms with Gasteiger partial charge in [-0.25, -0.2) is 0 Å². The fraction of sp³-hybridized carbons (Fsp3) is 0.857. The second kappa shape index (κ2) is 7.59. The molecule has 20 heavy (non-hydrogen) atoms. The van der Waals surface area contributed by atoms with Gasteiger partial charge in [0.15, 0.2) is 0 Å². The zero-order valence-corrected chi connectivity index (χ0v) is 12.2. The van der Waals surface area contributed by atoms with Crippen LogP contribution < -0.4 is 10.6 Å². The summed E-state index contributed by atoms with van der Waals surface area (Å²) in [5, 5.41) is 5.51. The van der Waals surface area contributed by atoms with Crippen molar-refractivity contribution in [2.75, 3.05) is 39.4 Å². The van der Waals surface area contributed by atoms with Gasteiger partial charge in [0.1, 0.15) is 0 Å². The van der Waals surface area contributed by atoms with Crippen LogP contribution >= 0.6 is 0 Å². The molecule has 2 aliphatic rings. The van der Waals surface area contributed by atoms with Crippen LogP contribution in [-0.2, 0) is 14.3 Å². The Balaban J connectivity index is 1.65. The van der Waals surface area contributed by atoms with Crippen molar-refractivity contribution in [1.29, 1.82) is 0 Å². The van der Waals surface area contributed by atoms with E-state index in [2.05, 4.69) is 15.5 Å². The van der Waals surface area contributed by atoms with Crippen molar-refractivity contribution in [1.82, 2.24) is 15.5 Å². The summed E-state index contributed by atoms with van der Waals surface area (Å²) in [6, 6.07) is 0.580. The Bertz CT molecular complexity index is 339. The van der Waals surface area contributed by atoms with E-state index in [9.17, 15) is 9.59 Å². The molecule has 2 amide bonds. The molecule has 0 aromatic heterocycles. The summed E-state index contributed by atoms with van der Waals surface area (Å²) in [7, 11) is 0. The Labute approximate surface area is 120 Å². The molecular weight excluding hydrogens is 258 g/mol. The van der Waals surface area contributed by atoms with Crippen LogP contribution in [0.2, 0.25) is 0 Å². The number of carbonyl (C=O) groups excluding carboxylic acids is 2. The highest BCUT2D eigenvalue weighted by molar-refractivity contribution is 5.78. The first-order valence-electron chi connectivity index (χ1n) is 7.48. The van der Waals surface area contributed by atoms with Gasteiger partial charge in [0.2, 0.25) is 11.8 Å². The van der Waals surface area contributed by atoms with E-state index < -0.39 is 0 Å². The highest BCUT2D eigenvalue weighted by Gasteiger charge is 2.32. The number of ether oxygens (including phenoxy) is 1. The van der Waals surface area contributed by atoms with Gasteiger partial charge < -0.3 is 15.4 Å². The average molecular weight is 283 g/mol. The molecule has 0 aromatic carbocycles. The zero-order chi connectivity index (χ0) is 14.4. The van der Waals surface area contributed by atoms with E-state index in [1.807, 2.05) is 0 Å². The van der Waals surface area contributed by atoms with Crippen LogP contribution in [-0.4, -0.2) is 62.1 Å². The fourth-order valence-electron chi connectivity index (χ4n) is 2.52. The standard InChI is InChI=1S/C14H25N3O3/c1-11(18)15-5-6-16-14(19)9-17(13-2-3-13)8-12-4-7-20-10-12/h12-13H,2-10H2,1H3,(H,15,18)(H,16,19)/t12-/m1/s1. The molecule has 0 radical (unpaired) electrons. The Morgan fingerprint density at radius 3 is 2.55 bits per heavy atom. The van der Waals surface area contributed by atoms with Crippen molar-refractivity contribution in [3.05, 3.63) is 0 Å². The second-order valence-corrected chi connectivity index (χ2v) is 5.72. The van der Waals surface area contributed by atoms with Crippen molar-refractivity contribution >= 4 is 11.8 Å². The summed E-state index contributed by atoms with van der Waals surface area (Å²) < 4.78 is 5.40. The molecule has 1 saturated heterocycles. The maximum atomic E-state index is 11.9. The molecule has 0 bridgehead atoms. The lowest BCUT2D eigenvalue weighted by atomic mass is 10.1. The average Bonchev–Trinajstić information content (AvgIpc) is 3.13. The molecule has 1 atom stereocenters.